The summed E-state index contributed by atoms with van der Waals surface area (Å²) in [6, 6.07) is 14.3. The molecule has 0 unspecified atom stereocenters. The minimum atomic E-state index is -0.864. The van der Waals surface area contributed by atoms with Crippen LogP contribution in [0.2, 0.25) is 0 Å². The molecule has 2 aliphatic rings. The number of fused-ring (bicyclic) bond motifs is 5. The van der Waals surface area contributed by atoms with Gasteiger partial charge in [0, 0.05) is 28.6 Å². The third kappa shape index (κ3) is 2.23. The minimum Gasteiger partial charge on any atom is -0.478 e. The zero-order valence-electron chi connectivity index (χ0n) is 14.7. The predicted octanol–water partition coefficient (Wildman–Crippen LogP) is 5.52. The van der Waals surface area contributed by atoms with Crippen LogP contribution >= 0.6 is 0 Å². The monoisotopic (exact) mass is 343 g/mol. The fourth-order valence-corrected chi connectivity index (χ4v) is 4.59. The summed E-state index contributed by atoms with van der Waals surface area (Å²) in [6.07, 6.45) is 8.11. The van der Waals surface area contributed by atoms with E-state index in [4.69, 9.17) is 0 Å². The highest BCUT2D eigenvalue weighted by Crippen LogP contribution is 2.44. The highest BCUT2D eigenvalue weighted by molar-refractivity contribution is 6.04. The van der Waals surface area contributed by atoms with Gasteiger partial charge in [-0.2, -0.15) is 0 Å². The number of carboxylic acids is 1. The van der Waals surface area contributed by atoms with Crippen LogP contribution in [0.4, 0.5) is 0 Å². The molecule has 3 heteroatoms. The summed E-state index contributed by atoms with van der Waals surface area (Å²) in [7, 11) is 0. The van der Waals surface area contributed by atoms with Crippen molar-refractivity contribution in [2.24, 2.45) is 0 Å². The van der Waals surface area contributed by atoms with Gasteiger partial charge in [0.25, 0.3) is 0 Å². The van der Waals surface area contributed by atoms with Crippen LogP contribution in [-0.4, -0.2) is 15.6 Å². The number of hydrogen-bond donors (Lipinski definition) is 1. The minimum absolute atomic E-state index is 0.362. The summed E-state index contributed by atoms with van der Waals surface area (Å²) in [5.41, 5.74) is 8.13. The second-order valence-corrected chi connectivity index (χ2v) is 7.29. The van der Waals surface area contributed by atoms with E-state index in [1.165, 1.54) is 46.2 Å². The molecule has 3 aromatic rings. The van der Waals surface area contributed by atoms with E-state index in [9.17, 15) is 9.90 Å². The van der Waals surface area contributed by atoms with Crippen molar-refractivity contribution in [1.29, 1.82) is 0 Å². The molecule has 5 rings (SSSR count). The van der Waals surface area contributed by atoms with Gasteiger partial charge >= 0.3 is 5.97 Å². The van der Waals surface area contributed by atoms with Crippen molar-refractivity contribution in [3.63, 3.8) is 0 Å². The lowest BCUT2D eigenvalue weighted by molar-refractivity contribution is 0.0697. The molecule has 0 saturated heterocycles. The lowest BCUT2D eigenvalue weighted by atomic mass is 9.88. The molecule has 130 valence electrons. The molecule has 2 aromatic carbocycles. The second kappa shape index (κ2) is 5.87. The molecule has 26 heavy (non-hydrogen) atoms. The van der Waals surface area contributed by atoms with Crippen LogP contribution in [0.15, 0.2) is 48.5 Å². The van der Waals surface area contributed by atoms with E-state index < -0.39 is 5.97 Å². The lowest BCUT2D eigenvalue weighted by Gasteiger charge is -2.22. The van der Waals surface area contributed by atoms with Gasteiger partial charge in [-0.05, 0) is 55.4 Å². The first-order chi connectivity index (χ1) is 12.7. The van der Waals surface area contributed by atoms with E-state index in [0.29, 0.717) is 5.56 Å². The van der Waals surface area contributed by atoms with E-state index >= 15 is 0 Å². The van der Waals surface area contributed by atoms with Gasteiger partial charge in [-0.1, -0.05) is 36.4 Å². The van der Waals surface area contributed by atoms with Crippen LogP contribution in [0.3, 0.4) is 0 Å². The standard InChI is InChI=1S/C23H21NO2/c25-23(26)17-10-11-19-20(14-17)24-13-12-15-6-4-5-9-18(15)22(24)21(19)16-7-2-1-3-8-16/h4-7,9-11,14H,1-3,8,12-13H2,(H,25,26). The van der Waals surface area contributed by atoms with Crippen molar-refractivity contribution < 1.29 is 9.90 Å². The molecular weight excluding hydrogens is 322 g/mol. The maximum atomic E-state index is 11.5. The SMILES string of the molecule is O=C(O)c1ccc2c(C3=CCCCC3)c3n(c2c1)CCc1ccccc1-3. The smallest absolute Gasteiger partial charge is 0.335 e. The molecule has 0 amide bonds. The van der Waals surface area contributed by atoms with E-state index in [0.717, 1.165) is 31.3 Å². The maximum Gasteiger partial charge on any atom is 0.335 e. The predicted molar refractivity (Wildman–Crippen MR) is 104 cm³/mol. The Balaban J connectivity index is 1.87. The molecule has 0 radical (unpaired) electrons. The Morgan fingerprint density at radius 3 is 2.73 bits per heavy atom. The van der Waals surface area contributed by atoms with Crippen LogP contribution < -0.4 is 0 Å². The zero-order valence-corrected chi connectivity index (χ0v) is 14.7. The first-order valence-corrected chi connectivity index (χ1v) is 9.41. The van der Waals surface area contributed by atoms with E-state index in [1.807, 2.05) is 12.1 Å². The van der Waals surface area contributed by atoms with Crippen LogP contribution in [0, 0.1) is 0 Å². The fourth-order valence-electron chi connectivity index (χ4n) is 4.59. The van der Waals surface area contributed by atoms with Gasteiger partial charge in [0.1, 0.15) is 0 Å². The average molecular weight is 343 g/mol. The highest BCUT2D eigenvalue weighted by atomic mass is 16.4. The molecule has 1 aliphatic carbocycles. The third-order valence-electron chi connectivity index (χ3n) is 5.80. The number of carboxylic acid groups (broad SMARTS) is 1. The van der Waals surface area contributed by atoms with Gasteiger partial charge in [-0.25, -0.2) is 4.79 Å². The van der Waals surface area contributed by atoms with Crippen LogP contribution in [0.1, 0.15) is 47.2 Å². The van der Waals surface area contributed by atoms with Gasteiger partial charge in [0.2, 0.25) is 0 Å². The Morgan fingerprint density at radius 1 is 1.04 bits per heavy atom. The van der Waals surface area contributed by atoms with Gasteiger partial charge in [0.05, 0.1) is 11.3 Å². The molecule has 0 spiro atoms. The van der Waals surface area contributed by atoms with Crippen molar-refractivity contribution >= 4 is 22.4 Å². The van der Waals surface area contributed by atoms with Gasteiger partial charge in [-0.3, -0.25) is 0 Å². The first kappa shape index (κ1) is 15.4. The molecule has 3 nitrogen and oxygen atoms in total. The normalized spacial score (nSPS) is 16.1. The number of carbonyl (C=O) groups is 1. The molecular formula is C23H21NO2. The zero-order chi connectivity index (χ0) is 17.7. The number of nitrogens with zero attached hydrogens (tertiary/aromatic N) is 1. The molecule has 2 heterocycles. The van der Waals surface area contributed by atoms with Crippen molar-refractivity contribution in [2.75, 3.05) is 0 Å². The summed E-state index contributed by atoms with van der Waals surface area (Å²) >= 11 is 0. The summed E-state index contributed by atoms with van der Waals surface area (Å²) in [4.78, 5) is 11.5. The number of aromatic carboxylic acids is 1. The highest BCUT2D eigenvalue weighted by Gasteiger charge is 2.26. The molecule has 0 saturated carbocycles. The van der Waals surface area contributed by atoms with E-state index in [2.05, 4.69) is 34.9 Å². The van der Waals surface area contributed by atoms with E-state index in [1.54, 1.807) is 6.07 Å². The topological polar surface area (TPSA) is 42.2 Å². The Kier molecular flexibility index (Phi) is 3.49. The summed E-state index contributed by atoms with van der Waals surface area (Å²) in [5.74, 6) is -0.864. The summed E-state index contributed by atoms with van der Waals surface area (Å²) in [5, 5.41) is 10.6. The first-order valence-electron chi connectivity index (χ1n) is 9.41. The van der Waals surface area contributed by atoms with Gasteiger partial charge < -0.3 is 9.67 Å². The Hall–Kier alpha value is -2.81. The molecule has 1 aromatic heterocycles. The van der Waals surface area contributed by atoms with Gasteiger partial charge in [0.15, 0.2) is 0 Å². The summed E-state index contributed by atoms with van der Waals surface area (Å²) in [6.45, 7) is 0.902. The van der Waals surface area contributed by atoms with Crippen LogP contribution in [0.5, 0.6) is 0 Å². The van der Waals surface area contributed by atoms with Crippen LogP contribution in [0.25, 0.3) is 27.7 Å². The molecule has 0 bridgehead atoms. The van der Waals surface area contributed by atoms with E-state index in [-0.39, 0.29) is 0 Å². The Bertz CT molecular complexity index is 1070. The maximum absolute atomic E-state index is 11.5. The second-order valence-electron chi connectivity index (χ2n) is 7.29. The number of allylic oxidation sites excluding steroid dienone is 2. The Labute approximate surface area is 152 Å². The van der Waals surface area contributed by atoms with Crippen LogP contribution in [-0.2, 0) is 13.0 Å². The van der Waals surface area contributed by atoms with Crippen molar-refractivity contribution in [1.82, 2.24) is 4.57 Å². The van der Waals surface area contributed by atoms with Crippen molar-refractivity contribution in [3.05, 3.63) is 65.2 Å². The number of rotatable bonds is 2. The fraction of sp³-hybridized carbons (Fsp3) is 0.261. The third-order valence-corrected chi connectivity index (χ3v) is 5.80. The quantitative estimate of drug-likeness (QED) is 0.665. The number of aromatic nitrogens is 1. The molecule has 0 fully saturated rings. The number of benzene rings is 2. The lowest BCUT2D eigenvalue weighted by Crippen LogP contribution is -2.11. The van der Waals surface area contributed by atoms with Crippen molar-refractivity contribution in [2.45, 2.75) is 38.6 Å². The number of hydrogen-bond acceptors (Lipinski definition) is 1. The van der Waals surface area contributed by atoms with Gasteiger partial charge in [-0.15, -0.1) is 0 Å². The largest absolute Gasteiger partial charge is 0.478 e. The average Bonchev–Trinajstić information content (AvgIpc) is 3.02. The molecule has 1 aliphatic heterocycles. The Morgan fingerprint density at radius 2 is 1.92 bits per heavy atom. The molecule has 1 N–H and O–H groups in total. The van der Waals surface area contributed by atoms with Crippen molar-refractivity contribution in [3.8, 4) is 11.3 Å². The molecule has 0 atom stereocenters. The number of aryl methyl sites for hydroxylation is 2. The summed E-state index contributed by atoms with van der Waals surface area (Å²) < 4.78 is 2.34.